The molecule has 0 fully saturated rings. The molecule has 0 N–H and O–H groups in total. The molecular weight excluding hydrogens is 211 g/mol. The first-order chi connectivity index (χ1) is 8.00. The van der Waals surface area contributed by atoms with E-state index in [0.717, 1.165) is 49.7 Å². The van der Waals surface area contributed by atoms with Gasteiger partial charge in [0.2, 0.25) is 0 Å². The summed E-state index contributed by atoms with van der Waals surface area (Å²) in [6, 6.07) is 0. The van der Waals surface area contributed by atoms with Crippen molar-refractivity contribution < 1.29 is 4.39 Å². The predicted octanol–water partition coefficient (Wildman–Crippen LogP) is 4.10. The number of halogens is 1. The van der Waals surface area contributed by atoms with Crippen molar-refractivity contribution in [2.24, 2.45) is 0 Å². The molecule has 1 aromatic carbocycles. The predicted molar refractivity (Wildman–Crippen MR) is 69.2 cm³/mol. The van der Waals surface area contributed by atoms with Crippen molar-refractivity contribution in [2.45, 2.75) is 64.7 Å². The molecule has 0 bridgehead atoms. The molecular formula is C16H21F. The Morgan fingerprint density at radius 2 is 1.18 bits per heavy atom. The van der Waals surface area contributed by atoms with Crippen molar-refractivity contribution in [1.82, 2.24) is 0 Å². The SMILES string of the molecule is CC(C)(C)c1c2c(c(F)c3c1CCC3)CCC2. The zero-order valence-electron chi connectivity index (χ0n) is 11.1. The largest absolute Gasteiger partial charge is 0.206 e. The lowest BCUT2D eigenvalue weighted by Gasteiger charge is -2.27. The Hall–Kier alpha value is -0.850. The summed E-state index contributed by atoms with van der Waals surface area (Å²) >= 11 is 0. The second-order valence-electron chi connectivity index (χ2n) is 6.56. The van der Waals surface area contributed by atoms with Crippen LogP contribution >= 0.6 is 0 Å². The van der Waals surface area contributed by atoms with Crippen LogP contribution in [0.4, 0.5) is 4.39 Å². The van der Waals surface area contributed by atoms with Crippen molar-refractivity contribution in [1.29, 1.82) is 0 Å². The van der Waals surface area contributed by atoms with Gasteiger partial charge in [-0.2, -0.15) is 0 Å². The summed E-state index contributed by atoms with van der Waals surface area (Å²) in [4.78, 5) is 0. The minimum Gasteiger partial charge on any atom is -0.206 e. The van der Waals surface area contributed by atoms with E-state index in [9.17, 15) is 4.39 Å². The van der Waals surface area contributed by atoms with Crippen molar-refractivity contribution in [3.63, 3.8) is 0 Å². The van der Waals surface area contributed by atoms with Crippen molar-refractivity contribution >= 4 is 0 Å². The van der Waals surface area contributed by atoms with Crippen LogP contribution in [0.25, 0.3) is 0 Å². The van der Waals surface area contributed by atoms with Crippen molar-refractivity contribution in [3.8, 4) is 0 Å². The minimum absolute atomic E-state index is 0.151. The fourth-order valence-electron chi connectivity index (χ4n) is 3.79. The molecule has 0 heterocycles. The maximum absolute atomic E-state index is 14.4. The first-order valence-electron chi connectivity index (χ1n) is 6.85. The molecule has 0 saturated heterocycles. The van der Waals surface area contributed by atoms with Gasteiger partial charge < -0.3 is 0 Å². The fourth-order valence-corrected chi connectivity index (χ4v) is 3.79. The summed E-state index contributed by atoms with van der Waals surface area (Å²) < 4.78 is 14.4. The van der Waals surface area contributed by atoms with E-state index in [1.165, 1.54) is 16.7 Å². The Morgan fingerprint density at radius 1 is 0.765 bits per heavy atom. The van der Waals surface area contributed by atoms with Crippen molar-refractivity contribution in [3.05, 3.63) is 33.6 Å². The highest BCUT2D eigenvalue weighted by atomic mass is 19.1. The van der Waals surface area contributed by atoms with Crippen LogP contribution in [0.3, 0.4) is 0 Å². The molecule has 3 rings (SSSR count). The molecule has 0 saturated carbocycles. The molecule has 0 unspecified atom stereocenters. The first-order valence-corrected chi connectivity index (χ1v) is 6.85. The van der Waals surface area contributed by atoms with Gasteiger partial charge in [-0.05, 0) is 71.8 Å². The highest BCUT2D eigenvalue weighted by Gasteiger charge is 2.33. The van der Waals surface area contributed by atoms with Crippen LogP contribution in [0.1, 0.15) is 61.4 Å². The van der Waals surface area contributed by atoms with Crippen LogP contribution < -0.4 is 0 Å². The summed E-state index contributed by atoms with van der Waals surface area (Å²) in [6.07, 6.45) is 6.36. The number of hydrogen-bond donors (Lipinski definition) is 0. The van der Waals surface area contributed by atoms with Crippen LogP contribution in [-0.2, 0) is 31.1 Å². The Kier molecular flexibility index (Phi) is 2.36. The van der Waals surface area contributed by atoms with Gasteiger partial charge in [-0.15, -0.1) is 0 Å². The van der Waals surface area contributed by atoms with Gasteiger partial charge in [0.1, 0.15) is 5.82 Å². The zero-order valence-corrected chi connectivity index (χ0v) is 11.1. The molecule has 0 amide bonds. The molecule has 92 valence electrons. The Bertz CT molecular complexity index is 442. The van der Waals surface area contributed by atoms with E-state index in [1.807, 2.05) is 0 Å². The van der Waals surface area contributed by atoms with Gasteiger partial charge in [-0.3, -0.25) is 0 Å². The summed E-state index contributed by atoms with van der Waals surface area (Å²) in [5, 5.41) is 0. The van der Waals surface area contributed by atoms with Crippen LogP contribution in [0.5, 0.6) is 0 Å². The molecule has 0 nitrogen and oxygen atoms in total. The van der Waals surface area contributed by atoms with E-state index in [2.05, 4.69) is 20.8 Å². The van der Waals surface area contributed by atoms with E-state index in [4.69, 9.17) is 0 Å². The topological polar surface area (TPSA) is 0 Å². The maximum Gasteiger partial charge on any atom is 0.130 e. The lowest BCUT2D eigenvalue weighted by atomic mass is 9.78. The smallest absolute Gasteiger partial charge is 0.130 e. The van der Waals surface area contributed by atoms with E-state index in [1.54, 1.807) is 0 Å². The van der Waals surface area contributed by atoms with Gasteiger partial charge in [0.15, 0.2) is 0 Å². The quantitative estimate of drug-likeness (QED) is 0.631. The Balaban J connectivity index is 2.34. The number of benzene rings is 1. The number of rotatable bonds is 0. The molecule has 0 aliphatic heterocycles. The van der Waals surface area contributed by atoms with Gasteiger partial charge in [0.25, 0.3) is 0 Å². The van der Waals surface area contributed by atoms with E-state index in [0.29, 0.717) is 0 Å². The molecule has 1 aromatic rings. The van der Waals surface area contributed by atoms with E-state index in [-0.39, 0.29) is 11.2 Å². The number of hydrogen-bond acceptors (Lipinski definition) is 0. The van der Waals surface area contributed by atoms with E-state index >= 15 is 0 Å². The molecule has 0 atom stereocenters. The van der Waals surface area contributed by atoms with Crippen LogP contribution in [0, 0.1) is 5.82 Å². The third kappa shape index (κ3) is 1.55. The highest BCUT2D eigenvalue weighted by molar-refractivity contribution is 5.53. The normalized spacial score (nSPS) is 18.4. The molecule has 0 radical (unpaired) electrons. The molecule has 2 aliphatic rings. The first kappa shape index (κ1) is 11.3. The zero-order chi connectivity index (χ0) is 12.2. The lowest BCUT2D eigenvalue weighted by molar-refractivity contribution is 0.565. The van der Waals surface area contributed by atoms with Gasteiger partial charge in [0, 0.05) is 0 Å². The minimum atomic E-state index is 0.151. The lowest BCUT2D eigenvalue weighted by Crippen LogP contribution is -2.18. The van der Waals surface area contributed by atoms with Crippen LogP contribution in [-0.4, -0.2) is 0 Å². The second-order valence-corrected chi connectivity index (χ2v) is 6.56. The highest BCUT2D eigenvalue weighted by Crippen LogP contribution is 2.42. The van der Waals surface area contributed by atoms with Gasteiger partial charge in [-0.1, -0.05) is 20.8 Å². The Labute approximate surface area is 103 Å². The third-order valence-electron chi connectivity index (χ3n) is 4.32. The molecule has 2 aliphatic carbocycles. The average Bonchev–Trinajstić information content (AvgIpc) is 2.83. The van der Waals surface area contributed by atoms with Crippen LogP contribution in [0.15, 0.2) is 0 Å². The molecule has 0 spiro atoms. The summed E-state index contributed by atoms with van der Waals surface area (Å²) in [7, 11) is 0. The fraction of sp³-hybridized carbons (Fsp3) is 0.625. The van der Waals surface area contributed by atoms with E-state index < -0.39 is 0 Å². The Morgan fingerprint density at radius 3 is 1.59 bits per heavy atom. The molecule has 0 aromatic heterocycles. The van der Waals surface area contributed by atoms with Gasteiger partial charge in [-0.25, -0.2) is 4.39 Å². The second kappa shape index (κ2) is 3.57. The summed E-state index contributed by atoms with van der Waals surface area (Å²) in [5.41, 5.74) is 6.47. The maximum atomic E-state index is 14.4. The third-order valence-corrected chi connectivity index (χ3v) is 4.32. The molecule has 17 heavy (non-hydrogen) atoms. The number of fused-ring (bicyclic) bond motifs is 2. The summed E-state index contributed by atoms with van der Waals surface area (Å²) in [6.45, 7) is 6.83. The van der Waals surface area contributed by atoms with Crippen LogP contribution in [0.2, 0.25) is 0 Å². The van der Waals surface area contributed by atoms with Gasteiger partial charge >= 0.3 is 0 Å². The molecule has 1 heteroatoms. The monoisotopic (exact) mass is 232 g/mol. The average molecular weight is 232 g/mol. The standard InChI is InChI=1S/C16H21F/c1-16(2,3)14-10-6-4-8-12(10)15(17)13-9-5-7-11(13)14/h4-9H2,1-3H3. The summed E-state index contributed by atoms with van der Waals surface area (Å²) in [5.74, 6) is 0.151. The van der Waals surface area contributed by atoms with Crippen molar-refractivity contribution in [2.75, 3.05) is 0 Å². The van der Waals surface area contributed by atoms with Gasteiger partial charge in [0.05, 0.1) is 0 Å².